The summed E-state index contributed by atoms with van der Waals surface area (Å²) >= 11 is 0. The van der Waals surface area contributed by atoms with Crippen molar-refractivity contribution in [1.29, 1.82) is 0 Å². The van der Waals surface area contributed by atoms with Crippen LogP contribution in [0.5, 0.6) is 0 Å². The summed E-state index contributed by atoms with van der Waals surface area (Å²) in [4.78, 5) is 0. The summed E-state index contributed by atoms with van der Waals surface area (Å²) in [5, 5.41) is 0. The molecule has 0 aromatic carbocycles. The Kier molecular flexibility index (Phi) is 293. The standard InChI is InChI=1S/Al.Ca.Li.Mg.Sr.Zn.Zr.10H. The van der Waals surface area contributed by atoms with E-state index < -0.39 is 0 Å². The van der Waals surface area contributed by atoms with Gasteiger partial charge < -0.3 is 0 Å². The smallest absolute Gasteiger partial charge is 0 e. The molecule has 0 N–H and O–H groups in total. The molecule has 0 atom stereocenters. The van der Waals surface area contributed by atoms with Gasteiger partial charge in [0.2, 0.25) is 0 Å². The first-order chi connectivity index (χ1) is 0. The van der Waals surface area contributed by atoms with Crippen molar-refractivity contribution in [3.8, 4) is 0 Å². The van der Waals surface area contributed by atoms with Crippen molar-refractivity contribution in [2.45, 2.75) is 0 Å². The second-order valence-electron chi connectivity index (χ2n) is 0. The van der Waals surface area contributed by atoms with E-state index in [1.54, 1.807) is 0 Å². The van der Waals surface area contributed by atoms with E-state index in [4.69, 9.17) is 0 Å². The molecule has 0 spiro atoms. The summed E-state index contributed by atoms with van der Waals surface area (Å²) in [7, 11) is 0. The zero-order valence-corrected chi connectivity index (χ0v) is 6.63. The first-order valence-electron chi connectivity index (χ1n) is 0. The van der Waals surface area contributed by atoms with Crippen molar-refractivity contribution in [2.24, 2.45) is 0 Å². The summed E-state index contributed by atoms with van der Waals surface area (Å²) in [6.07, 6.45) is 0. The summed E-state index contributed by atoms with van der Waals surface area (Å²) in [6, 6.07) is 0. The van der Waals surface area contributed by atoms with Crippen LogP contribution in [0.3, 0.4) is 0 Å². The van der Waals surface area contributed by atoms with Gasteiger partial charge in [-0.05, 0) is 0 Å². The van der Waals surface area contributed by atoms with Crippen LogP contribution in [0.15, 0.2) is 0 Å². The molecular formula is H10AlCaLiMgSrZnZr. The average Bonchev–Trinajstić information content (AvgIpc) is 0. The Morgan fingerprint density at radius 1 is 1.00 bits per heavy atom. The average molecular weight is 353 g/mol. The molecule has 0 nitrogen and oxygen atoms in total. The molecule has 0 aromatic rings. The van der Waals surface area contributed by atoms with Crippen LogP contribution in [0.2, 0.25) is 0 Å². The molecule has 0 aliphatic carbocycles. The fourth-order valence-electron chi connectivity index (χ4n) is 0. The topological polar surface area (TPSA) is 0 Å². The molecule has 0 saturated carbocycles. The van der Waals surface area contributed by atoms with Gasteiger partial charge in [-0.3, -0.25) is 0 Å². The predicted octanol–water partition coefficient (Wildman–Crippen LogP) is -4.59. The number of hydrogen-bond donors (Lipinski definition) is 0. The quantitative estimate of drug-likeness (QED) is 0.385. The second kappa shape index (κ2) is 40.0. The third kappa shape index (κ3) is 33.1. The van der Waals surface area contributed by atoms with E-state index in [-0.39, 0.29) is 188 Å². The normalized spacial score (nSPS) is 0. The van der Waals surface area contributed by atoms with Gasteiger partial charge >= 0.3 is 125 Å². The molecule has 0 unspecified atom stereocenters. The van der Waals surface area contributed by atoms with Gasteiger partial charge in [0.1, 0.15) is 0 Å². The molecule has 0 fully saturated rings. The van der Waals surface area contributed by atoms with E-state index in [2.05, 4.69) is 0 Å². The van der Waals surface area contributed by atoms with E-state index in [0.29, 0.717) is 0 Å². The summed E-state index contributed by atoms with van der Waals surface area (Å²) in [5.74, 6) is 0. The molecule has 0 aromatic heterocycles. The molecule has 0 aliphatic heterocycles. The van der Waals surface area contributed by atoms with E-state index in [1.165, 1.54) is 0 Å². The summed E-state index contributed by atoms with van der Waals surface area (Å²) in [6.45, 7) is 0. The van der Waals surface area contributed by atoms with Crippen LogP contribution in [-0.4, -0.2) is 142 Å². The van der Waals surface area contributed by atoms with Gasteiger partial charge in [0.15, 0.2) is 17.4 Å². The molecule has 7 heteroatoms. The maximum atomic E-state index is 0. The van der Waals surface area contributed by atoms with Crippen LogP contribution in [0.25, 0.3) is 0 Å². The van der Waals surface area contributed by atoms with Crippen LogP contribution in [0.1, 0.15) is 0 Å². The Morgan fingerprint density at radius 2 is 1.00 bits per heavy atom. The molecule has 0 radical (unpaired) electrons. The Balaban J connectivity index is 0. The largest absolute Gasteiger partial charge is 0 e. The maximum Gasteiger partial charge on any atom is 0 e. The Bertz CT molecular complexity index is 19.7. The maximum absolute atomic E-state index is 0. The summed E-state index contributed by atoms with van der Waals surface area (Å²) in [5.41, 5.74) is 0. The van der Waals surface area contributed by atoms with Crippen LogP contribution >= 0.6 is 0 Å². The third-order valence-corrected chi connectivity index (χ3v) is 0. The van der Waals surface area contributed by atoms with Gasteiger partial charge in [0.05, 0.1) is 0 Å². The fourth-order valence-corrected chi connectivity index (χ4v) is 0. The minimum Gasteiger partial charge on any atom is 0 e. The Hall–Kier alpha value is 6.14. The second-order valence-corrected chi connectivity index (χ2v) is 0. The first-order valence-corrected chi connectivity index (χ1v) is 0. The molecule has 0 heterocycles. The Labute approximate surface area is 182 Å². The van der Waals surface area contributed by atoms with Crippen LogP contribution in [0, 0.1) is 0 Å². The van der Waals surface area contributed by atoms with Gasteiger partial charge in [-0.2, -0.15) is 0 Å². The molecule has 26 valence electrons. The van der Waals surface area contributed by atoms with Gasteiger partial charge in [-0.25, -0.2) is 0 Å². The van der Waals surface area contributed by atoms with Gasteiger partial charge in [-0.1, -0.05) is 0 Å². The van der Waals surface area contributed by atoms with Crippen molar-refractivity contribution in [3.05, 3.63) is 0 Å². The molecular weight excluding hydrogens is 343 g/mol. The third-order valence-electron chi connectivity index (χ3n) is 0. The van der Waals surface area contributed by atoms with Crippen molar-refractivity contribution >= 4 is 142 Å². The van der Waals surface area contributed by atoms with Crippen molar-refractivity contribution in [3.63, 3.8) is 0 Å². The van der Waals surface area contributed by atoms with Gasteiger partial charge in [0.25, 0.3) is 0 Å². The molecule has 0 rings (SSSR count). The zero-order valence-electron chi connectivity index (χ0n) is 1.21. The van der Waals surface area contributed by atoms with E-state index >= 15 is 0 Å². The number of rotatable bonds is 0. The minimum atomic E-state index is 0. The van der Waals surface area contributed by atoms with E-state index in [0.717, 1.165) is 0 Å². The summed E-state index contributed by atoms with van der Waals surface area (Å²) < 4.78 is 0. The van der Waals surface area contributed by atoms with Gasteiger partial charge in [-0.15, -0.1) is 0 Å². The van der Waals surface area contributed by atoms with Crippen LogP contribution in [-0.2, 0) is 45.7 Å². The van der Waals surface area contributed by atoms with E-state index in [1.807, 2.05) is 0 Å². The molecule has 0 saturated heterocycles. The van der Waals surface area contributed by atoms with Crippen molar-refractivity contribution in [2.75, 3.05) is 0 Å². The first kappa shape index (κ1) is 51.4. The predicted molar refractivity (Wildman–Crippen MR) is 42.7 cm³/mol. The monoisotopic (exact) mass is 350 g/mol. The Morgan fingerprint density at radius 3 is 1.00 bits per heavy atom. The van der Waals surface area contributed by atoms with Crippen molar-refractivity contribution in [1.82, 2.24) is 0 Å². The zero-order chi connectivity index (χ0) is 0. The van der Waals surface area contributed by atoms with Crippen LogP contribution < -0.4 is 0 Å². The SMILES string of the molecule is [AlH3].[CaH2].[LiH].[MgH2].[SrH2].[Zn].[Zr]. The van der Waals surface area contributed by atoms with Crippen molar-refractivity contribution < 1.29 is 45.7 Å². The number of hydrogen-bond acceptors (Lipinski definition) is 0. The van der Waals surface area contributed by atoms with Gasteiger partial charge in [0, 0.05) is 45.7 Å². The molecule has 0 amide bonds. The minimum absolute atomic E-state index is 0. The fraction of sp³-hybridized carbons (Fsp3) is 0. The molecule has 7 heavy (non-hydrogen) atoms. The molecule has 0 bridgehead atoms. The molecule has 0 aliphatic rings. The van der Waals surface area contributed by atoms with E-state index in [9.17, 15) is 0 Å². The van der Waals surface area contributed by atoms with Crippen LogP contribution in [0.4, 0.5) is 0 Å².